The van der Waals surface area contributed by atoms with Gasteiger partial charge in [0, 0.05) is 0 Å². The zero-order valence-corrected chi connectivity index (χ0v) is 13.5. The molecule has 2 aromatic carbocycles. The normalized spacial score (nSPS) is 20.0. The number of β-amino-alcohol motifs (C(OH)–C–C–N with tert-alkyl or cyclic N) is 2. The topological polar surface area (TPSA) is 82.0 Å². The van der Waals surface area contributed by atoms with Gasteiger partial charge in [0.05, 0.1) is 36.0 Å². The fourth-order valence-corrected chi connectivity index (χ4v) is 2.61. The van der Waals surface area contributed by atoms with Crippen molar-refractivity contribution in [2.45, 2.75) is 12.2 Å². The minimum absolute atomic E-state index is 0.0839. The Kier molecular flexibility index (Phi) is 4.89. The quantitative estimate of drug-likeness (QED) is 0.796. The predicted molar refractivity (Wildman–Crippen MR) is 90.6 cm³/mol. The van der Waals surface area contributed by atoms with Crippen LogP contribution >= 0.6 is 11.6 Å². The minimum atomic E-state index is -0.926. The van der Waals surface area contributed by atoms with Gasteiger partial charge in [-0.1, -0.05) is 35.9 Å². The first-order valence-corrected chi connectivity index (χ1v) is 7.86. The molecule has 2 atom stereocenters. The van der Waals surface area contributed by atoms with Crippen molar-refractivity contribution < 1.29 is 19.7 Å². The molecule has 1 aliphatic rings. The van der Waals surface area contributed by atoms with E-state index in [1.807, 2.05) is 0 Å². The molecule has 7 heteroatoms. The van der Waals surface area contributed by atoms with Crippen molar-refractivity contribution >= 4 is 23.3 Å². The minimum Gasteiger partial charge on any atom is -0.454 e. The highest BCUT2D eigenvalue weighted by Gasteiger charge is 2.32. The number of nitrogens with one attached hydrogen (secondary N) is 1. The second-order valence-corrected chi connectivity index (χ2v) is 5.91. The third-order valence-corrected chi connectivity index (χ3v) is 4.04. The maximum Gasteiger partial charge on any atom is 0.322 e. The monoisotopic (exact) mass is 348 g/mol. The molecule has 0 saturated carbocycles. The first kappa shape index (κ1) is 16.6. The van der Waals surface area contributed by atoms with Gasteiger partial charge in [0.25, 0.3) is 0 Å². The average molecular weight is 349 g/mol. The van der Waals surface area contributed by atoms with Crippen LogP contribution in [0.15, 0.2) is 48.5 Å². The second-order valence-electron chi connectivity index (χ2n) is 5.50. The van der Waals surface area contributed by atoms with E-state index in [4.69, 9.17) is 16.3 Å². The van der Waals surface area contributed by atoms with Crippen LogP contribution in [0.2, 0.25) is 5.02 Å². The number of carbonyl (C=O) groups is 1. The molecule has 1 aliphatic heterocycles. The van der Waals surface area contributed by atoms with E-state index in [1.54, 1.807) is 48.5 Å². The number of likely N-dealkylation sites (tertiary alicyclic amines) is 1. The van der Waals surface area contributed by atoms with Gasteiger partial charge in [-0.05, 0) is 24.3 Å². The summed E-state index contributed by atoms with van der Waals surface area (Å²) >= 11 is 6.09. The fourth-order valence-electron chi connectivity index (χ4n) is 2.43. The molecule has 0 aromatic heterocycles. The Balaban J connectivity index is 1.75. The van der Waals surface area contributed by atoms with E-state index < -0.39 is 18.2 Å². The van der Waals surface area contributed by atoms with Gasteiger partial charge in [0.1, 0.15) is 5.75 Å². The van der Waals surface area contributed by atoms with Crippen molar-refractivity contribution in [2.75, 3.05) is 18.4 Å². The SMILES string of the molecule is O=C(Nc1ccccc1Oc1ccccc1Cl)N1C[C@H](O)[C@@H](O)C1. The van der Waals surface area contributed by atoms with Crippen molar-refractivity contribution in [3.05, 3.63) is 53.6 Å². The lowest BCUT2D eigenvalue weighted by molar-refractivity contribution is 0.0572. The van der Waals surface area contributed by atoms with E-state index in [2.05, 4.69) is 5.32 Å². The molecule has 126 valence electrons. The van der Waals surface area contributed by atoms with E-state index in [0.29, 0.717) is 22.2 Å². The van der Waals surface area contributed by atoms with Crippen LogP contribution in [0.1, 0.15) is 0 Å². The Hall–Kier alpha value is -2.28. The molecular weight excluding hydrogens is 332 g/mol. The number of anilines is 1. The van der Waals surface area contributed by atoms with Crippen LogP contribution in [-0.2, 0) is 0 Å². The number of amides is 2. The van der Waals surface area contributed by atoms with Gasteiger partial charge in [-0.3, -0.25) is 0 Å². The Bertz CT molecular complexity index is 730. The number of urea groups is 1. The molecule has 1 fully saturated rings. The number of aliphatic hydroxyl groups is 2. The third kappa shape index (κ3) is 3.62. The van der Waals surface area contributed by atoms with Gasteiger partial charge in [-0.25, -0.2) is 4.79 Å². The van der Waals surface area contributed by atoms with Crippen molar-refractivity contribution in [1.82, 2.24) is 4.90 Å². The smallest absolute Gasteiger partial charge is 0.322 e. The Morgan fingerprint density at radius 2 is 1.62 bits per heavy atom. The molecule has 6 nitrogen and oxygen atoms in total. The van der Waals surface area contributed by atoms with E-state index in [9.17, 15) is 15.0 Å². The Morgan fingerprint density at radius 3 is 2.29 bits per heavy atom. The number of hydrogen-bond acceptors (Lipinski definition) is 4. The molecule has 0 unspecified atom stereocenters. The first-order chi connectivity index (χ1) is 11.5. The summed E-state index contributed by atoms with van der Waals surface area (Å²) in [7, 11) is 0. The number of benzene rings is 2. The first-order valence-electron chi connectivity index (χ1n) is 7.48. The lowest BCUT2D eigenvalue weighted by Gasteiger charge is -2.18. The highest BCUT2D eigenvalue weighted by molar-refractivity contribution is 6.32. The third-order valence-electron chi connectivity index (χ3n) is 3.73. The molecule has 2 amide bonds. The van der Waals surface area contributed by atoms with Gasteiger partial charge in [0.2, 0.25) is 0 Å². The molecular formula is C17H17ClN2O4. The summed E-state index contributed by atoms with van der Waals surface area (Å²) in [5.74, 6) is 0.923. The van der Waals surface area contributed by atoms with Crippen molar-refractivity contribution in [2.24, 2.45) is 0 Å². The van der Waals surface area contributed by atoms with Crippen LogP contribution < -0.4 is 10.1 Å². The van der Waals surface area contributed by atoms with Crippen molar-refractivity contribution in [1.29, 1.82) is 0 Å². The summed E-state index contributed by atoms with van der Waals surface area (Å²) in [6, 6.07) is 13.6. The van der Waals surface area contributed by atoms with Gasteiger partial charge < -0.3 is 25.2 Å². The van der Waals surface area contributed by atoms with Crippen LogP contribution in [-0.4, -0.2) is 46.4 Å². The number of rotatable bonds is 3. The van der Waals surface area contributed by atoms with E-state index in [-0.39, 0.29) is 13.1 Å². The maximum absolute atomic E-state index is 12.3. The molecule has 3 rings (SSSR count). The summed E-state index contributed by atoms with van der Waals surface area (Å²) in [6.45, 7) is 0.168. The summed E-state index contributed by atoms with van der Waals surface area (Å²) in [6.07, 6.45) is -1.85. The van der Waals surface area contributed by atoms with Crippen LogP contribution in [0, 0.1) is 0 Å². The molecule has 1 saturated heterocycles. The predicted octanol–water partition coefficient (Wildman–Crippen LogP) is 2.70. The largest absolute Gasteiger partial charge is 0.454 e. The highest BCUT2D eigenvalue weighted by atomic mass is 35.5. The van der Waals surface area contributed by atoms with Crippen LogP contribution in [0.3, 0.4) is 0 Å². The molecule has 1 heterocycles. The van der Waals surface area contributed by atoms with E-state index >= 15 is 0 Å². The molecule has 0 aliphatic carbocycles. The lowest BCUT2D eigenvalue weighted by Crippen LogP contribution is -2.34. The molecule has 0 bridgehead atoms. The maximum atomic E-state index is 12.3. The average Bonchev–Trinajstić information content (AvgIpc) is 2.91. The molecule has 2 aromatic rings. The highest BCUT2D eigenvalue weighted by Crippen LogP contribution is 2.33. The van der Waals surface area contributed by atoms with Gasteiger partial charge in [0.15, 0.2) is 5.75 Å². The summed E-state index contributed by atoms with van der Waals surface area (Å²) < 4.78 is 5.78. The van der Waals surface area contributed by atoms with Crippen molar-refractivity contribution in [3.8, 4) is 11.5 Å². The lowest BCUT2D eigenvalue weighted by atomic mass is 10.3. The van der Waals surface area contributed by atoms with Crippen LogP contribution in [0.25, 0.3) is 0 Å². The molecule has 3 N–H and O–H groups in total. The van der Waals surface area contributed by atoms with Gasteiger partial charge >= 0.3 is 6.03 Å². The van der Waals surface area contributed by atoms with Gasteiger partial charge in [-0.15, -0.1) is 0 Å². The van der Waals surface area contributed by atoms with E-state index in [0.717, 1.165) is 0 Å². The molecule has 0 spiro atoms. The Morgan fingerprint density at radius 1 is 1.04 bits per heavy atom. The van der Waals surface area contributed by atoms with Crippen LogP contribution in [0.4, 0.5) is 10.5 Å². The summed E-state index contributed by atoms with van der Waals surface area (Å²) in [5.41, 5.74) is 0.471. The van der Waals surface area contributed by atoms with Gasteiger partial charge in [-0.2, -0.15) is 0 Å². The zero-order chi connectivity index (χ0) is 17.1. The number of halogens is 1. The molecule has 24 heavy (non-hydrogen) atoms. The number of aliphatic hydroxyl groups excluding tert-OH is 2. The zero-order valence-electron chi connectivity index (χ0n) is 12.7. The number of nitrogens with zero attached hydrogens (tertiary/aromatic N) is 1. The Labute approximate surface area is 144 Å². The van der Waals surface area contributed by atoms with E-state index in [1.165, 1.54) is 4.90 Å². The second kappa shape index (κ2) is 7.09. The number of ether oxygens (including phenoxy) is 1. The fraction of sp³-hybridized carbons (Fsp3) is 0.235. The number of hydrogen-bond donors (Lipinski definition) is 3. The standard InChI is InChI=1S/C17H17ClN2O4/c18-11-5-1-3-7-15(11)24-16-8-4-2-6-12(16)19-17(23)20-9-13(21)14(22)10-20/h1-8,13-14,21-22H,9-10H2,(H,19,23)/t13-,14-/m0/s1. The van der Waals surface area contributed by atoms with Crippen molar-refractivity contribution in [3.63, 3.8) is 0 Å². The summed E-state index contributed by atoms with van der Waals surface area (Å²) in [4.78, 5) is 13.6. The molecule has 0 radical (unpaired) electrons. The summed E-state index contributed by atoms with van der Waals surface area (Å²) in [5, 5.41) is 22.3. The van der Waals surface area contributed by atoms with Crippen LogP contribution in [0.5, 0.6) is 11.5 Å². The number of para-hydroxylation sites is 3. The number of carbonyl (C=O) groups excluding carboxylic acids is 1.